The predicted octanol–water partition coefficient (Wildman–Crippen LogP) is 3.13. The highest BCUT2D eigenvalue weighted by molar-refractivity contribution is 5.31. The summed E-state index contributed by atoms with van der Waals surface area (Å²) in [6.45, 7) is 11.2. The first-order chi connectivity index (χ1) is 6.39. The van der Waals surface area contributed by atoms with Gasteiger partial charge in [-0.05, 0) is 11.8 Å². The van der Waals surface area contributed by atoms with E-state index in [4.69, 9.17) is 5.73 Å². The molecular weight excluding hydrogens is 170 g/mol. The van der Waals surface area contributed by atoms with Crippen molar-refractivity contribution in [3.63, 3.8) is 0 Å². The molecule has 0 bridgehead atoms. The Hall–Kier alpha value is -0.560. The maximum absolute atomic E-state index is 6.34. The van der Waals surface area contributed by atoms with E-state index in [1.54, 1.807) is 0 Å². The van der Waals surface area contributed by atoms with Crippen LogP contribution >= 0.6 is 0 Å². The molecule has 0 saturated heterocycles. The van der Waals surface area contributed by atoms with Crippen molar-refractivity contribution < 1.29 is 0 Å². The number of rotatable bonds is 2. The third kappa shape index (κ3) is 1.78. The van der Waals surface area contributed by atoms with Crippen molar-refractivity contribution in [3.05, 3.63) is 23.8 Å². The fourth-order valence-electron chi connectivity index (χ4n) is 2.04. The molecule has 1 aliphatic rings. The average Bonchev–Trinajstić information content (AvgIpc) is 2.09. The van der Waals surface area contributed by atoms with Crippen LogP contribution in [-0.4, -0.2) is 6.04 Å². The van der Waals surface area contributed by atoms with Gasteiger partial charge in [0.1, 0.15) is 0 Å². The highest BCUT2D eigenvalue weighted by Gasteiger charge is 2.36. The lowest BCUT2D eigenvalue weighted by molar-refractivity contribution is 0.248. The van der Waals surface area contributed by atoms with Crippen molar-refractivity contribution in [2.24, 2.45) is 23.0 Å². The van der Waals surface area contributed by atoms with E-state index in [-0.39, 0.29) is 11.5 Å². The molecular formula is C13H23N. The molecule has 2 N–H and O–H groups in total. The van der Waals surface area contributed by atoms with Crippen LogP contribution in [-0.2, 0) is 0 Å². The Morgan fingerprint density at radius 1 is 1.29 bits per heavy atom. The standard InChI is InChI=1S/C13H23N/c1-9(2)11-7-6-8-13(5,10(3)4)12(11)14/h6-10,12H,14H2,1-5H3. The molecule has 1 nitrogen and oxygen atoms in total. The molecule has 0 aromatic rings. The first-order valence-electron chi connectivity index (χ1n) is 5.54. The summed E-state index contributed by atoms with van der Waals surface area (Å²) in [6, 6.07) is 0.174. The van der Waals surface area contributed by atoms with Gasteiger partial charge < -0.3 is 5.73 Å². The lowest BCUT2D eigenvalue weighted by Gasteiger charge is -2.41. The molecule has 0 saturated carbocycles. The van der Waals surface area contributed by atoms with E-state index in [0.717, 1.165) is 0 Å². The minimum atomic E-state index is 0.119. The van der Waals surface area contributed by atoms with Crippen LogP contribution in [0.1, 0.15) is 34.6 Å². The van der Waals surface area contributed by atoms with E-state index in [1.807, 2.05) is 0 Å². The fraction of sp³-hybridized carbons (Fsp3) is 0.692. The molecule has 0 spiro atoms. The van der Waals surface area contributed by atoms with Crippen LogP contribution in [0.4, 0.5) is 0 Å². The second-order valence-corrected chi connectivity index (χ2v) is 5.18. The lowest BCUT2D eigenvalue weighted by Crippen LogP contribution is -2.45. The summed E-state index contributed by atoms with van der Waals surface area (Å²) in [7, 11) is 0. The maximum Gasteiger partial charge on any atom is 0.0351 e. The summed E-state index contributed by atoms with van der Waals surface area (Å²) in [5, 5.41) is 0. The molecule has 0 amide bonds. The summed E-state index contributed by atoms with van der Waals surface area (Å²) >= 11 is 0. The molecule has 0 aromatic heterocycles. The molecule has 1 aliphatic carbocycles. The Morgan fingerprint density at radius 2 is 1.86 bits per heavy atom. The Morgan fingerprint density at radius 3 is 2.29 bits per heavy atom. The predicted molar refractivity (Wildman–Crippen MR) is 63.0 cm³/mol. The molecule has 0 aliphatic heterocycles. The molecule has 0 heterocycles. The summed E-state index contributed by atoms with van der Waals surface area (Å²) in [4.78, 5) is 0. The highest BCUT2D eigenvalue weighted by Crippen LogP contribution is 2.39. The fourth-order valence-corrected chi connectivity index (χ4v) is 2.04. The van der Waals surface area contributed by atoms with Crippen molar-refractivity contribution in [3.8, 4) is 0 Å². The van der Waals surface area contributed by atoms with Gasteiger partial charge in [0.2, 0.25) is 0 Å². The highest BCUT2D eigenvalue weighted by atomic mass is 14.7. The third-order valence-corrected chi connectivity index (χ3v) is 3.68. The van der Waals surface area contributed by atoms with Crippen molar-refractivity contribution in [2.45, 2.75) is 40.7 Å². The van der Waals surface area contributed by atoms with Crippen molar-refractivity contribution in [1.82, 2.24) is 0 Å². The molecule has 0 aromatic carbocycles. The van der Waals surface area contributed by atoms with Gasteiger partial charge in [0.25, 0.3) is 0 Å². The van der Waals surface area contributed by atoms with Crippen LogP contribution in [0.2, 0.25) is 0 Å². The Labute approximate surface area is 88.1 Å². The number of hydrogen-bond acceptors (Lipinski definition) is 1. The molecule has 1 rings (SSSR count). The van der Waals surface area contributed by atoms with E-state index >= 15 is 0 Å². The van der Waals surface area contributed by atoms with Crippen LogP contribution in [0.5, 0.6) is 0 Å². The Balaban J connectivity index is 2.99. The molecule has 0 fully saturated rings. The second kappa shape index (κ2) is 3.90. The zero-order valence-electron chi connectivity index (χ0n) is 10.0. The van der Waals surface area contributed by atoms with Gasteiger partial charge in [0, 0.05) is 11.5 Å². The molecule has 2 unspecified atom stereocenters. The number of nitrogens with two attached hydrogens (primary N) is 1. The van der Waals surface area contributed by atoms with E-state index in [2.05, 4.69) is 52.8 Å². The maximum atomic E-state index is 6.34. The van der Waals surface area contributed by atoms with Crippen molar-refractivity contribution in [1.29, 1.82) is 0 Å². The molecule has 1 heteroatoms. The van der Waals surface area contributed by atoms with Gasteiger partial charge in [-0.1, -0.05) is 58.4 Å². The second-order valence-electron chi connectivity index (χ2n) is 5.18. The lowest BCUT2D eigenvalue weighted by atomic mass is 9.67. The molecule has 14 heavy (non-hydrogen) atoms. The van der Waals surface area contributed by atoms with Crippen LogP contribution in [0.25, 0.3) is 0 Å². The van der Waals surface area contributed by atoms with E-state index in [0.29, 0.717) is 11.8 Å². The van der Waals surface area contributed by atoms with Crippen LogP contribution in [0.3, 0.4) is 0 Å². The van der Waals surface area contributed by atoms with Crippen molar-refractivity contribution in [2.75, 3.05) is 0 Å². The average molecular weight is 193 g/mol. The van der Waals surface area contributed by atoms with Gasteiger partial charge in [-0.2, -0.15) is 0 Å². The Bertz CT molecular complexity index is 260. The third-order valence-electron chi connectivity index (χ3n) is 3.68. The van der Waals surface area contributed by atoms with Gasteiger partial charge >= 0.3 is 0 Å². The van der Waals surface area contributed by atoms with Crippen LogP contribution in [0, 0.1) is 17.3 Å². The summed E-state index contributed by atoms with van der Waals surface area (Å²) in [6.07, 6.45) is 6.60. The molecule has 0 radical (unpaired) electrons. The van der Waals surface area contributed by atoms with E-state index in [1.165, 1.54) is 5.57 Å². The zero-order chi connectivity index (χ0) is 10.9. The number of hydrogen-bond donors (Lipinski definition) is 1. The first-order valence-corrected chi connectivity index (χ1v) is 5.54. The van der Waals surface area contributed by atoms with Gasteiger partial charge in [-0.3, -0.25) is 0 Å². The van der Waals surface area contributed by atoms with E-state index < -0.39 is 0 Å². The summed E-state index contributed by atoms with van der Waals surface area (Å²) in [5.74, 6) is 1.13. The molecule has 80 valence electrons. The summed E-state index contributed by atoms with van der Waals surface area (Å²) in [5.41, 5.74) is 7.84. The SMILES string of the molecule is CC(C)C1=CC=CC(C)(C(C)C)C1N. The largest absolute Gasteiger partial charge is 0.323 e. The van der Waals surface area contributed by atoms with Gasteiger partial charge in [-0.15, -0.1) is 0 Å². The van der Waals surface area contributed by atoms with Crippen molar-refractivity contribution >= 4 is 0 Å². The number of allylic oxidation sites excluding steroid dienone is 2. The topological polar surface area (TPSA) is 26.0 Å². The van der Waals surface area contributed by atoms with Gasteiger partial charge in [0.15, 0.2) is 0 Å². The first kappa shape index (κ1) is 11.5. The van der Waals surface area contributed by atoms with Gasteiger partial charge in [0.05, 0.1) is 0 Å². The zero-order valence-corrected chi connectivity index (χ0v) is 10.0. The molecule has 2 atom stereocenters. The normalized spacial score (nSPS) is 32.6. The minimum Gasteiger partial charge on any atom is -0.323 e. The van der Waals surface area contributed by atoms with Crippen LogP contribution < -0.4 is 5.73 Å². The quantitative estimate of drug-likeness (QED) is 0.716. The minimum absolute atomic E-state index is 0.119. The monoisotopic (exact) mass is 193 g/mol. The van der Waals surface area contributed by atoms with Crippen LogP contribution in [0.15, 0.2) is 23.8 Å². The van der Waals surface area contributed by atoms with E-state index in [9.17, 15) is 0 Å². The van der Waals surface area contributed by atoms with Gasteiger partial charge in [-0.25, -0.2) is 0 Å². The Kier molecular flexibility index (Phi) is 3.20. The summed E-state index contributed by atoms with van der Waals surface area (Å²) < 4.78 is 0. The smallest absolute Gasteiger partial charge is 0.0351 e.